The highest BCUT2D eigenvalue weighted by Gasteiger charge is 2.28. The molecule has 1 aliphatic heterocycles. The van der Waals surface area contributed by atoms with Crippen molar-refractivity contribution in [2.24, 2.45) is 10.9 Å². The smallest absolute Gasteiger partial charge is 0.245 e. The Balaban J connectivity index is 2.23. The maximum atomic E-state index is 11.9. The lowest BCUT2D eigenvalue weighted by Crippen LogP contribution is -2.29. The van der Waals surface area contributed by atoms with Crippen molar-refractivity contribution >= 4 is 17.4 Å². The second-order valence-electron chi connectivity index (χ2n) is 3.33. The fraction of sp³-hybridized carbons (Fsp3) is 0.0909. The highest BCUT2D eigenvalue weighted by molar-refractivity contribution is 6.16. The first-order valence-electron chi connectivity index (χ1n) is 4.51. The van der Waals surface area contributed by atoms with Gasteiger partial charge in [0.1, 0.15) is 5.82 Å². The normalized spacial score (nSPS) is 23.0. The molecule has 3 nitrogen and oxygen atoms in total. The highest BCUT2D eigenvalue weighted by Crippen LogP contribution is 2.25. The van der Waals surface area contributed by atoms with Gasteiger partial charge in [-0.3, -0.25) is 9.36 Å². The third-order valence-electron chi connectivity index (χ3n) is 2.47. The fourth-order valence-corrected chi connectivity index (χ4v) is 1.78. The highest BCUT2D eigenvalue weighted by atomic mass is 16.2. The Morgan fingerprint density at radius 2 is 2.29 bits per heavy atom. The third kappa shape index (κ3) is 0.865. The molecule has 1 aromatic rings. The zero-order valence-corrected chi connectivity index (χ0v) is 7.42. The summed E-state index contributed by atoms with van der Waals surface area (Å²) < 4.78 is 1.59. The van der Waals surface area contributed by atoms with Crippen molar-refractivity contribution in [1.82, 2.24) is 4.57 Å². The Kier molecular flexibility index (Phi) is 1.36. The van der Waals surface area contributed by atoms with E-state index in [0.29, 0.717) is 0 Å². The van der Waals surface area contributed by atoms with E-state index in [0.717, 1.165) is 11.5 Å². The Hall–Kier alpha value is -1.90. The number of rotatable bonds is 0. The number of carbonyl (C=O) groups excluding carboxylic acids is 1. The van der Waals surface area contributed by atoms with E-state index in [-0.39, 0.29) is 11.8 Å². The molecule has 68 valence electrons. The summed E-state index contributed by atoms with van der Waals surface area (Å²) in [5, 5.41) is 0. The summed E-state index contributed by atoms with van der Waals surface area (Å²) in [5.74, 6) is 0.608. The zero-order valence-electron chi connectivity index (χ0n) is 7.42. The summed E-state index contributed by atoms with van der Waals surface area (Å²) in [7, 11) is 0. The number of carbonyl (C=O) groups is 1. The van der Waals surface area contributed by atoms with Crippen molar-refractivity contribution in [3.63, 3.8) is 0 Å². The van der Waals surface area contributed by atoms with Gasteiger partial charge in [0.05, 0.1) is 11.6 Å². The number of aromatic nitrogens is 1. The van der Waals surface area contributed by atoms with Gasteiger partial charge in [-0.2, -0.15) is 0 Å². The number of hydrogen-bond acceptors (Lipinski definition) is 2. The quantitative estimate of drug-likeness (QED) is 0.606. The zero-order chi connectivity index (χ0) is 9.54. The molecule has 2 aliphatic rings. The maximum Gasteiger partial charge on any atom is 0.245 e. The van der Waals surface area contributed by atoms with Crippen LogP contribution in [0.2, 0.25) is 0 Å². The van der Waals surface area contributed by atoms with E-state index in [1.165, 1.54) is 0 Å². The molecule has 3 heteroatoms. The summed E-state index contributed by atoms with van der Waals surface area (Å²) in [4.78, 5) is 16.3. The lowest BCUT2D eigenvalue weighted by molar-refractivity contribution is 0.0890. The van der Waals surface area contributed by atoms with Crippen LogP contribution in [0.25, 0.3) is 0 Å². The molecule has 1 atom stereocenters. The number of allylic oxidation sites excluding steroid dienone is 4. The number of nitrogens with zero attached hydrogens (tertiary/aromatic N) is 2. The molecule has 0 spiro atoms. The summed E-state index contributed by atoms with van der Waals surface area (Å²) in [5.41, 5.74) is 0.837. The van der Waals surface area contributed by atoms with Crippen molar-refractivity contribution in [3.05, 3.63) is 42.6 Å². The molecule has 0 amide bonds. The number of fused-ring (bicyclic) bond motifs is 2. The molecule has 0 N–H and O–H groups in total. The van der Waals surface area contributed by atoms with Gasteiger partial charge >= 0.3 is 0 Å². The van der Waals surface area contributed by atoms with Crippen molar-refractivity contribution in [2.75, 3.05) is 0 Å². The topological polar surface area (TPSA) is 34.4 Å². The second-order valence-corrected chi connectivity index (χ2v) is 3.33. The molecular formula is C11H8N2O. The van der Waals surface area contributed by atoms with Gasteiger partial charge in [0.15, 0.2) is 0 Å². The molecule has 14 heavy (non-hydrogen) atoms. The second kappa shape index (κ2) is 2.54. The number of hydrogen-bond donors (Lipinski definition) is 0. The van der Waals surface area contributed by atoms with Crippen LogP contribution in [0.3, 0.4) is 0 Å². The minimum absolute atomic E-state index is 0.0793. The van der Waals surface area contributed by atoms with Crippen LogP contribution in [-0.2, 0) is 0 Å². The minimum Gasteiger partial charge on any atom is -0.273 e. The molecule has 1 aliphatic carbocycles. The molecule has 0 saturated carbocycles. The van der Waals surface area contributed by atoms with Gasteiger partial charge < -0.3 is 0 Å². The first-order chi connectivity index (χ1) is 6.86. The molecule has 0 radical (unpaired) electrons. The Morgan fingerprint density at radius 1 is 1.36 bits per heavy atom. The van der Waals surface area contributed by atoms with Crippen LogP contribution in [0.5, 0.6) is 0 Å². The summed E-state index contributed by atoms with van der Waals surface area (Å²) >= 11 is 0. The third-order valence-corrected chi connectivity index (χ3v) is 2.47. The minimum atomic E-state index is -0.195. The maximum absolute atomic E-state index is 11.9. The van der Waals surface area contributed by atoms with Crippen molar-refractivity contribution < 1.29 is 4.79 Å². The van der Waals surface area contributed by atoms with E-state index in [1.807, 2.05) is 36.4 Å². The van der Waals surface area contributed by atoms with Crippen LogP contribution in [0.4, 0.5) is 5.82 Å². The first-order valence-corrected chi connectivity index (χ1v) is 4.51. The molecule has 1 aromatic heterocycles. The van der Waals surface area contributed by atoms with E-state index in [1.54, 1.807) is 10.8 Å². The van der Waals surface area contributed by atoms with E-state index in [2.05, 4.69) is 4.99 Å². The first kappa shape index (κ1) is 7.50. The van der Waals surface area contributed by atoms with Gasteiger partial charge in [0.25, 0.3) is 0 Å². The molecule has 2 heterocycles. The van der Waals surface area contributed by atoms with Gasteiger partial charge in [0, 0.05) is 6.20 Å². The monoisotopic (exact) mass is 184 g/mol. The lowest BCUT2D eigenvalue weighted by atomic mass is 9.96. The van der Waals surface area contributed by atoms with Crippen LogP contribution in [0.1, 0.15) is 4.79 Å². The molecule has 3 rings (SSSR count). The van der Waals surface area contributed by atoms with E-state index in [4.69, 9.17) is 0 Å². The molecule has 1 unspecified atom stereocenters. The Morgan fingerprint density at radius 3 is 3.21 bits per heavy atom. The van der Waals surface area contributed by atoms with Gasteiger partial charge in [-0.25, -0.2) is 4.99 Å². The largest absolute Gasteiger partial charge is 0.273 e. The van der Waals surface area contributed by atoms with Crippen molar-refractivity contribution in [1.29, 1.82) is 0 Å². The van der Waals surface area contributed by atoms with Crippen LogP contribution < -0.4 is 0 Å². The van der Waals surface area contributed by atoms with Crippen LogP contribution in [0, 0.1) is 5.92 Å². The van der Waals surface area contributed by atoms with Gasteiger partial charge in [-0.1, -0.05) is 18.2 Å². The molecule has 0 saturated heterocycles. The predicted octanol–water partition coefficient (Wildman–Crippen LogP) is 1.96. The fourth-order valence-electron chi connectivity index (χ4n) is 1.78. The Labute approximate surface area is 81.1 Å². The lowest BCUT2D eigenvalue weighted by Gasteiger charge is -2.20. The number of aliphatic imine (C=N–C) groups is 1. The molecular weight excluding hydrogens is 176 g/mol. The molecule has 0 bridgehead atoms. The van der Waals surface area contributed by atoms with E-state index < -0.39 is 0 Å². The molecule has 0 aromatic carbocycles. The Bertz CT molecular complexity index is 491. The standard InChI is InChI=1S/C11H8N2O/c14-11-8-4-1-2-5-9(8)12-10-6-3-7-13(10)11/h1-8H. The van der Waals surface area contributed by atoms with Crippen LogP contribution in [-0.4, -0.2) is 16.2 Å². The van der Waals surface area contributed by atoms with Crippen LogP contribution >= 0.6 is 0 Å². The van der Waals surface area contributed by atoms with Gasteiger partial charge in [0.2, 0.25) is 5.91 Å². The van der Waals surface area contributed by atoms with Crippen molar-refractivity contribution in [3.8, 4) is 0 Å². The van der Waals surface area contributed by atoms with Crippen molar-refractivity contribution in [2.45, 2.75) is 0 Å². The van der Waals surface area contributed by atoms with E-state index in [9.17, 15) is 4.79 Å². The van der Waals surface area contributed by atoms with E-state index >= 15 is 0 Å². The van der Waals surface area contributed by atoms with Gasteiger partial charge in [-0.15, -0.1) is 0 Å². The SMILES string of the molecule is O=C1C2C=CC=CC2=Nc2cccn21. The summed E-state index contributed by atoms with van der Waals surface area (Å²) in [6, 6.07) is 3.68. The van der Waals surface area contributed by atoms with Gasteiger partial charge in [-0.05, 0) is 18.2 Å². The molecule has 0 fully saturated rings. The predicted molar refractivity (Wildman–Crippen MR) is 53.9 cm³/mol. The summed E-state index contributed by atoms with van der Waals surface area (Å²) in [6.07, 6.45) is 9.31. The average molecular weight is 184 g/mol. The average Bonchev–Trinajstić information content (AvgIpc) is 2.66. The van der Waals surface area contributed by atoms with Crippen LogP contribution in [0.15, 0.2) is 47.6 Å². The summed E-state index contributed by atoms with van der Waals surface area (Å²) in [6.45, 7) is 0.